The van der Waals surface area contributed by atoms with Crippen molar-refractivity contribution in [1.82, 2.24) is 9.97 Å². The second-order valence-corrected chi connectivity index (χ2v) is 7.38. The van der Waals surface area contributed by atoms with Gasteiger partial charge in [0.2, 0.25) is 17.8 Å². The molecule has 1 aromatic carbocycles. The molecule has 0 aliphatic carbocycles. The highest BCUT2D eigenvalue weighted by atomic mass is 16.5. The summed E-state index contributed by atoms with van der Waals surface area (Å²) in [5.74, 6) is -0.390. The van der Waals surface area contributed by atoms with Crippen LogP contribution in [0.3, 0.4) is 0 Å². The van der Waals surface area contributed by atoms with Crippen LogP contribution in [0.5, 0.6) is 0 Å². The summed E-state index contributed by atoms with van der Waals surface area (Å²) in [6, 6.07) is 5.77. The minimum atomic E-state index is -0.752. The summed E-state index contributed by atoms with van der Waals surface area (Å²) in [7, 11) is 0. The Labute approximate surface area is 168 Å². The van der Waals surface area contributed by atoms with Crippen LogP contribution in [0, 0.1) is 13.8 Å². The topological polar surface area (TPSA) is 122 Å². The fourth-order valence-corrected chi connectivity index (χ4v) is 3.69. The number of nitrogens with zero attached hydrogens (tertiary/aromatic N) is 3. The van der Waals surface area contributed by atoms with Crippen molar-refractivity contribution in [3.8, 4) is 0 Å². The van der Waals surface area contributed by atoms with Gasteiger partial charge in [-0.25, -0.2) is 0 Å². The number of morpholine rings is 1. The second kappa shape index (κ2) is 7.67. The molecule has 4 N–H and O–H groups in total. The van der Waals surface area contributed by atoms with Crippen molar-refractivity contribution in [2.45, 2.75) is 26.2 Å². The fraction of sp³-hybridized carbons (Fsp3) is 0.400. The molecular formula is C20H24N6O3. The highest BCUT2D eigenvalue weighted by Crippen LogP contribution is 2.36. The van der Waals surface area contributed by atoms with Crippen molar-refractivity contribution in [3.63, 3.8) is 0 Å². The Balaban J connectivity index is 1.64. The number of nitrogens with two attached hydrogens (primary N) is 1. The number of rotatable bonds is 3. The first kappa shape index (κ1) is 19.1. The normalized spacial score (nSPS) is 18.8. The van der Waals surface area contributed by atoms with Crippen molar-refractivity contribution in [2.24, 2.45) is 0 Å². The van der Waals surface area contributed by atoms with E-state index >= 15 is 0 Å². The standard InChI is InChI=1S/C20H24N6O3/c1-11-3-4-14(12(2)9-11)22-19(28)13-10-15(27)23-18-16(13)17(21)24-20(25-18)26-5-7-29-8-6-26/h3-4,9,13H,5-8,10H2,1-2H3,(H,22,28)(H3,21,23,24,25,27)/t13-/m0/s1. The average molecular weight is 396 g/mol. The van der Waals surface area contributed by atoms with E-state index in [0.29, 0.717) is 49.3 Å². The lowest BCUT2D eigenvalue weighted by Gasteiger charge is -2.30. The van der Waals surface area contributed by atoms with Crippen molar-refractivity contribution >= 4 is 35.1 Å². The van der Waals surface area contributed by atoms with Crippen LogP contribution in [0.25, 0.3) is 0 Å². The number of nitrogens with one attached hydrogen (secondary N) is 2. The zero-order valence-corrected chi connectivity index (χ0v) is 16.5. The first-order valence-electron chi connectivity index (χ1n) is 9.60. The van der Waals surface area contributed by atoms with Crippen LogP contribution in [0.15, 0.2) is 18.2 Å². The summed E-state index contributed by atoms with van der Waals surface area (Å²) in [4.78, 5) is 36.1. The van der Waals surface area contributed by atoms with E-state index < -0.39 is 5.92 Å². The Morgan fingerprint density at radius 2 is 2.03 bits per heavy atom. The van der Waals surface area contributed by atoms with E-state index in [1.807, 2.05) is 36.9 Å². The van der Waals surface area contributed by atoms with E-state index in [4.69, 9.17) is 10.5 Å². The van der Waals surface area contributed by atoms with Crippen molar-refractivity contribution < 1.29 is 14.3 Å². The van der Waals surface area contributed by atoms with Gasteiger partial charge in [0.25, 0.3) is 0 Å². The number of amides is 2. The monoisotopic (exact) mass is 396 g/mol. The Morgan fingerprint density at radius 1 is 1.28 bits per heavy atom. The molecule has 0 bridgehead atoms. The molecule has 1 saturated heterocycles. The second-order valence-electron chi connectivity index (χ2n) is 7.38. The van der Waals surface area contributed by atoms with E-state index in [1.165, 1.54) is 0 Å². The lowest BCUT2D eigenvalue weighted by molar-refractivity contribution is -0.123. The van der Waals surface area contributed by atoms with Gasteiger partial charge in [-0.05, 0) is 25.5 Å². The number of fused-ring (bicyclic) bond motifs is 1. The van der Waals surface area contributed by atoms with Crippen LogP contribution in [0.2, 0.25) is 0 Å². The Kier molecular flexibility index (Phi) is 5.06. The third-order valence-electron chi connectivity index (χ3n) is 5.21. The number of anilines is 4. The molecule has 2 amide bonds. The number of nitrogen functional groups attached to an aromatic ring is 1. The van der Waals surface area contributed by atoms with Crippen LogP contribution in [0.4, 0.5) is 23.3 Å². The molecule has 2 aliphatic heterocycles. The van der Waals surface area contributed by atoms with E-state index in [-0.39, 0.29) is 24.1 Å². The minimum absolute atomic E-state index is 0.00575. The molecule has 29 heavy (non-hydrogen) atoms. The zero-order chi connectivity index (χ0) is 20.5. The lowest BCUT2D eigenvalue weighted by atomic mass is 9.91. The molecule has 2 aromatic rings. The summed E-state index contributed by atoms with van der Waals surface area (Å²) in [6.45, 7) is 6.35. The Hall–Kier alpha value is -3.20. The first-order valence-corrected chi connectivity index (χ1v) is 9.60. The lowest BCUT2D eigenvalue weighted by Crippen LogP contribution is -2.38. The van der Waals surface area contributed by atoms with Crippen LogP contribution in [-0.4, -0.2) is 48.1 Å². The van der Waals surface area contributed by atoms with E-state index in [9.17, 15) is 9.59 Å². The molecule has 9 nitrogen and oxygen atoms in total. The maximum absolute atomic E-state index is 13.0. The molecule has 9 heteroatoms. The number of hydrogen-bond donors (Lipinski definition) is 3. The van der Waals surface area contributed by atoms with E-state index in [0.717, 1.165) is 11.1 Å². The Morgan fingerprint density at radius 3 is 2.76 bits per heavy atom. The van der Waals surface area contributed by atoms with E-state index in [1.54, 1.807) is 0 Å². The molecule has 4 rings (SSSR count). The van der Waals surface area contributed by atoms with Crippen LogP contribution in [-0.2, 0) is 14.3 Å². The zero-order valence-electron chi connectivity index (χ0n) is 16.5. The molecule has 0 spiro atoms. The number of carbonyl (C=O) groups excluding carboxylic acids is 2. The average Bonchev–Trinajstić information content (AvgIpc) is 2.69. The maximum atomic E-state index is 13.0. The largest absolute Gasteiger partial charge is 0.383 e. The van der Waals surface area contributed by atoms with Gasteiger partial charge in [-0.15, -0.1) is 0 Å². The number of aryl methyl sites for hydroxylation is 2. The smallest absolute Gasteiger partial charge is 0.232 e. The van der Waals surface area contributed by atoms with Crippen LogP contribution < -0.4 is 21.3 Å². The van der Waals surface area contributed by atoms with Gasteiger partial charge in [0.05, 0.1) is 24.7 Å². The van der Waals surface area contributed by atoms with Crippen molar-refractivity contribution in [1.29, 1.82) is 0 Å². The molecule has 0 radical (unpaired) electrons. The molecule has 1 atom stereocenters. The summed E-state index contributed by atoms with van der Waals surface area (Å²) in [5.41, 5.74) is 9.45. The van der Waals surface area contributed by atoms with Crippen molar-refractivity contribution in [2.75, 3.05) is 47.6 Å². The molecule has 0 unspecified atom stereocenters. The quantitative estimate of drug-likeness (QED) is 0.720. The fourth-order valence-electron chi connectivity index (χ4n) is 3.69. The number of carbonyl (C=O) groups is 2. The molecule has 3 heterocycles. The number of benzene rings is 1. The third-order valence-corrected chi connectivity index (χ3v) is 5.21. The molecule has 0 saturated carbocycles. The molecule has 1 aromatic heterocycles. The molecule has 152 valence electrons. The van der Waals surface area contributed by atoms with Gasteiger partial charge >= 0.3 is 0 Å². The van der Waals surface area contributed by atoms with Gasteiger partial charge in [-0.3, -0.25) is 9.59 Å². The van der Waals surface area contributed by atoms with Gasteiger partial charge in [-0.2, -0.15) is 9.97 Å². The van der Waals surface area contributed by atoms with Gasteiger partial charge < -0.3 is 26.0 Å². The SMILES string of the molecule is Cc1ccc(NC(=O)[C@H]2CC(=O)Nc3nc(N4CCOCC4)nc(N)c32)c(C)c1. The van der Waals surface area contributed by atoms with Gasteiger partial charge in [-0.1, -0.05) is 17.7 Å². The van der Waals surface area contributed by atoms with Gasteiger partial charge in [0.15, 0.2) is 0 Å². The predicted molar refractivity (Wildman–Crippen MR) is 110 cm³/mol. The van der Waals surface area contributed by atoms with Crippen LogP contribution in [0.1, 0.15) is 29.0 Å². The van der Waals surface area contributed by atoms with Crippen LogP contribution >= 0.6 is 0 Å². The minimum Gasteiger partial charge on any atom is -0.383 e. The predicted octanol–water partition coefficient (Wildman–Crippen LogP) is 1.58. The number of hydrogen-bond acceptors (Lipinski definition) is 7. The number of aromatic nitrogens is 2. The highest BCUT2D eigenvalue weighted by Gasteiger charge is 2.35. The first-order chi connectivity index (χ1) is 13.9. The molecule has 2 aliphatic rings. The molecular weight excluding hydrogens is 372 g/mol. The highest BCUT2D eigenvalue weighted by molar-refractivity contribution is 6.05. The van der Waals surface area contributed by atoms with Gasteiger partial charge in [0.1, 0.15) is 11.6 Å². The molecule has 1 fully saturated rings. The van der Waals surface area contributed by atoms with E-state index in [2.05, 4.69) is 20.6 Å². The van der Waals surface area contributed by atoms with Crippen molar-refractivity contribution in [3.05, 3.63) is 34.9 Å². The summed E-state index contributed by atoms with van der Waals surface area (Å²) in [6.07, 6.45) is -0.00575. The maximum Gasteiger partial charge on any atom is 0.232 e. The summed E-state index contributed by atoms with van der Waals surface area (Å²) in [5, 5.41) is 5.66. The van der Waals surface area contributed by atoms with Gasteiger partial charge in [0, 0.05) is 25.2 Å². The Bertz CT molecular complexity index is 971. The summed E-state index contributed by atoms with van der Waals surface area (Å²) < 4.78 is 5.35. The summed E-state index contributed by atoms with van der Waals surface area (Å²) >= 11 is 0. The number of ether oxygens (including phenoxy) is 1. The third kappa shape index (κ3) is 3.86.